The van der Waals surface area contributed by atoms with Gasteiger partial charge in [0.25, 0.3) is 0 Å². The Bertz CT molecular complexity index is 958. The fourth-order valence-electron chi connectivity index (χ4n) is 2.70. The summed E-state index contributed by atoms with van der Waals surface area (Å²) in [5.74, 6) is 2.07. The molecule has 0 bridgehead atoms. The Morgan fingerprint density at radius 3 is 2.32 bits per heavy atom. The van der Waals surface area contributed by atoms with Gasteiger partial charge < -0.3 is 20.1 Å². The largest absolute Gasteiger partial charge is 0.493 e. The van der Waals surface area contributed by atoms with E-state index in [0.29, 0.717) is 29.6 Å². The first-order chi connectivity index (χ1) is 13.6. The standard InChI is InChI=1S/C21H22N4O3/c1-14-6-4-5-7-15(14)12-21(26)23-20-11-10-19(24-25-20)22-16-8-9-17(27-2)18(13-16)28-3/h4-11,13H,12H2,1-3H3,(H,22,24)(H,23,25,26). The van der Waals surface area contributed by atoms with Crippen molar-refractivity contribution < 1.29 is 14.3 Å². The Morgan fingerprint density at radius 1 is 0.929 bits per heavy atom. The Kier molecular flexibility index (Phi) is 6.06. The second kappa shape index (κ2) is 8.85. The van der Waals surface area contributed by atoms with Gasteiger partial charge in [0.2, 0.25) is 5.91 Å². The molecule has 0 atom stereocenters. The maximum absolute atomic E-state index is 12.2. The smallest absolute Gasteiger partial charge is 0.230 e. The molecule has 2 aromatic carbocycles. The van der Waals surface area contributed by atoms with E-state index in [1.807, 2.05) is 37.3 Å². The monoisotopic (exact) mass is 378 g/mol. The summed E-state index contributed by atoms with van der Waals surface area (Å²) in [5.41, 5.74) is 2.85. The lowest BCUT2D eigenvalue weighted by molar-refractivity contribution is -0.115. The number of carbonyl (C=O) groups excluding carboxylic acids is 1. The van der Waals surface area contributed by atoms with Crippen molar-refractivity contribution in [2.75, 3.05) is 24.9 Å². The molecular formula is C21H22N4O3. The van der Waals surface area contributed by atoms with E-state index in [1.165, 1.54) is 0 Å². The van der Waals surface area contributed by atoms with Crippen molar-refractivity contribution in [1.82, 2.24) is 10.2 Å². The maximum atomic E-state index is 12.2. The van der Waals surface area contributed by atoms with E-state index in [9.17, 15) is 4.79 Å². The van der Waals surface area contributed by atoms with Gasteiger partial charge in [-0.25, -0.2) is 0 Å². The summed E-state index contributed by atoms with van der Waals surface area (Å²) in [6.45, 7) is 1.98. The Labute approximate surface area is 163 Å². The maximum Gasteiger partial charge on any atom is 0.230 e. The predicted molar refractivity (Wildman–Crippen MR) is 108 cm³/mol. The topological polar surface area (TPSA) is 85.4 Å². The van der Waals surface area contributed by atoms with Crippen LogP contribution in [0.1, 0.15) is 11.1 Å². The number of hydrogen-bond acceptors (Lipinski definition) is 6. The molecule has 0 radical (unpaired) electrons. The molecule has 0 saturated heterocycles. The van der Waals surface area contributed by atoms with Gasteiger partial charge in [0.1, 0.15) is 0 Å². The molecule has 144 valence electrons. The summed E-state index contributed by atoms with van der Waals surface area (Å²) in [7, 11) is 3.17. The van der Waals surface area contributed by atoms with Gasteiger partial charge in [0.15, 0.2) is 23.1 Å². The Hall–Kier alpha value is -3.61. The summed E-state index contributed by atoms with van der Waals surface area (Å²) < 4.78 is 10.5. The third kappa shape index (κ3) is 4.76. The number of amides is 1. The van der Waals surface area contributed by atoms with Gasteiger partial charge in [-0.15, -0.1) is 10.2 Å². The highest BCUT2D eigenvalue weighted by atomic mass is 16.5. The molecule has 0 saturated carbocycles. The van der Waals surface area contributed by atoms with Crippen molar-refractivity contribution in [3.05, 3.63) is 65.7 Å². The molecule has 0 aliphatic rings. The number of hydrogen-bond donors (Lipinski definition) is 2. The van der Waals surface area contributed by atoms with Gasteiger partial charge in [-0.1, -0.05) is 24.3 Å². The number of carbonyl (C=O) groups is 1. The number of nitrogens with one attached hydrogen (secondary N) is 2. The first-order valence-corrected chi connectivity index (χ1v) is 8.76. The normalized spacial score (nSPS) is 10.2. The van der Waals surface area contributed by atoms with E-state index >= 15 is 0 Å². The molecule has 1 heterocycles. The zero-order chi connectivity index (χ0) is 19.9. The third-order valence-corrected chi connectivity index (χ3v) is 4.20. The van der Waals surface area contributed by atoms with E-state index in [1.54, 1.807) is 38.5 Å². The molecular weight excluding hydrogens is 356 g/mol. The lowest BCUT2D eigenvalue weighted by Crippen LogP contribution is -2.16. The van der Waals surface area contributed by atoms with Crippen LogP contribution in [0.2, 0.25) is 0 Å². The molecule has 3 aromatic rings. The average molecular weight is 378 g/mol. The van der Waals surface area contributed by atoms with Crippen LogP contribution in [0.15, 0.2) is 54.6 Å². The fourth-order valence-corrected chi connectivity index (χ4v) is 2.70. The lowest BCUT2D eigenvalue weighted by atomic mass is 10.1. The summed E-state index contributed by atoms with van der Waals surface area (Å²) in [5, 5.41) is 14.1. The number of nitrogens with zero attached hydrogens (tertiary/aromatic N) is 2. The highest BCUT2D eigenvalue weighted by molar-refractivity contribution is 5.91. The molecule has 3 rings (SSSR count). The minimum Gasteiger partial charge on any atom is -0.493 e. The van der Waals surface area contributed by atoms with Gasteiger partial charge in [-0.2, -0.15) is 0 Å². The van der Waals surface area contributed by atoms with Crippen molar-refractivity contribution >= 4 is 23.2 Å². The Balaban J connectivity index is 1.62. The summed E-state index contributed by atoms with van der Waals surface area (Å²) in [6, 6.07) is 16.7. The van der Waals surface area contributed by atoms with E-state index in [4.69, 9.17) is 9.47 Å². The van der Waals surface area contributed by atoms with Crippen LogP contribution in [0.3, 0.4) is 0 Å². The van der Waals surface area contributed by atoms with Crippen LogP contribution in [0.5, 0.6) is 11.5 Å². The van der Waals surface area contributed by atoms with Crippen molar-refractivity contribution in [3.63, 3.8) is 0 Å². The molecule has 0 aliphatic carbocycles. The highest BCUT2D eigenvalue weighted by Gasteiger charge is 2.08. The van der Waals surface area contributed by atoms with Crippen LogP contribution in [-0.2, 0) is 11.2 Å². The minimum atomic E-state index is -0.135. The van der Waals surface area contributed by atoms with Crippen LogP contribution >= 0.6 is 0 Å². The minimum absolute atomic E-state index is 0.135. The van der Waals surface area contributed by atoms with E-state index in [0.717, 1.165) is 16.8 Å². The van der Waals surface area contributed by atoms with Gasteiger partial charge in [-0.05, 0) is 42.3 Å². The second-order valence-electron chi connectivity index (χ2n) is 6.15. The quantitative estimate of drug-likeness (QED) is 0.652. The first-order valence-electron chi connectivity index (χ1n) is 8.76. The Morgan fingerprint density at radius 2 is 1.64 bits per heavy atom. The van der Waals surface area contributed by atoms with Crippen LogP contribution < -0.4 is 20.1 Å². The van der Waals surface area contributed by atoms with Gasteiger partial charge in [-0.3, -0.25) is 4.79 Å². The van der Waals surface area contributed by atoms with Gasteiger partial charge in [0, 0.05) is 11.8 Å². The van der Waals surface area contributed by atoms with Crippen molar-refractivity contribution in [1.29, 1.82) is 0 Å². The zero-order valence-corrected chi connectivity index (χ0v) is 16.0. The molecule has 2 N–H and O–H groups in total. The fraction of sp³-hybridized carbons (Fsp3) is 0.190. The molecule has 0 aliphatic heterocycles. The lowest BCUT2D eigenvalue weighted by Gasteiger charge is -2.11. The van der Waals surface area contributed by atoms with Crippen molar-refractivity contribution in [3.8, 4) is 11.5 Å². The molecule has 0 fully saturated rings. The predicted octanol–water partition coefficient (Wildman–Crippen LogP) is 3.73. The van der Waals surface area contributed by atoms with Crippen LogP contribution in [0, 0.1) is 6.92 Å². The number of aromatic nitrogens is 2. The number of aryl methyl sites for hydroxylation is 1. The highest BCUT2D eigenvalue weighted by Crippen LogP contribution is 2.30. The molecule has 7 heteroatoms. The summed E-state index contributed by atoms with van der Waals surface area (Å²) in [6.07, 6.45) is 0.292. The van der Waals surface area contributed by atoms with Gasteiger partial charge >= 0.3 is 0 Å². The van der Waals surface area contributed by atoms with Crippen LogP contribution in [0.25, 0.3) is 0 Å². The number of anilines is 3. The molecule has 1 amide bonds. The number of ether oxygens (including phenoxy) is 2. The SMILES string of the molecule is COc1ccc(Nc2ccc(NC(=O)Cc3ccccc3C)nn2)cc1OC. The van der Waals surface area contributed by atoms with Crippen molar-refractivity contribution in [2.24, 2.45) is 0 Å². The number of benzene rings is 2. The molecule has 0 spiro atoms. The first kappa shape index (κ1) is 19.2. The van der Waals surface area contributed by atoms with Crippen LogP contribution in [-0.4, -0.2) is 30.3 Å². The van der Waals surface area contributed by atoms with Crippen LogP contribution in [0.4, 0.5) is 17.3 Å². The molecule has 0 unspecified atom stereocenters. The molecule has 1 aromatic heterocycles. The summed E-state index contributed by atoms with van der Waals surface area (Å²) in [4.78, 5) is 12.2. The van der Waals surface area contributed by atoms with E-state index in [2.05, 4.69) is 20.8 Å². The number of rotatable bonds is 7. The zero-order valence-electron chi connectivity index (χ0n) is 16.0. The average Bonchev–Trinajstić information content (AvgIpc) is 2.71. The molecule has 7 nitrogen and oxygen atoms in total. The van der Waals surface area contributed by atoms with E-state index in [-0.39, 0.29) is 5.91 Å². The number of methoxy groups -OCH3 is 2. The summed E-state index contributed by atoms with van der Waals surface area (Å²) >= 11 is 0. The van der Waals surface area contributed by atoms with E-state index < -0.39 is 0 Å². The van der Waals surface area contributed by atoms with Gasteiger partial charge in [0.05, 0.1) is 20.6 Å². The van der Waals surface area contributed by atoms with Crippen molar-refractivity contribution in [2.45, 2.75) is 13.3 Å². The third-order valence-electron chi connectivity index (χ3n) is 4.20. The second-order valence-corrected chi connectivity index (χ2v) is 6.15. The molecule has 28 heavy (non-hydrogen) atoms.